The molecule has 28 heavy (non-hydrogen) atoms. The van der Waals surface area contributed by atoms with E-state index in [2.05, 4.69) is 51.5 Å². The van der Waals surface area contributed by atoms with Crippen molar-refractivity contribution in [2.75, 3.05) is 19.5 Å². The molecule has 2 heterocycles. The molecule has 6 heteroatoms. The molecule has 0 radical (unpaired) electrons. The highest BCUT2D eigenvalue weighted by molar-refractivity contribution is 5.92. The van der Waals surface area contributed by atoms with Gasteiger partial charge in [-0.3, -0.25) is 4.98 Å². The molecule has 0 saturated heterocycles. The summed E-state index contributed by atoms with van der Waals surface area (Å²) in [5.41, 5.74) is 2.90. The Kier molecular flexibility index (Phi) is 4.69. The number of methoxy groups -OCH3 is 2. The van der Waals surface area contributed by atoms with E-state index >= 15 is 0 Å². The standard InChI is InChI=1S/C22H22N4O2/c1-13(16-9-5-7-15-8-6-10-23-21(15)16)24-22-17-11-19(27-3)20(28-4)12-18(17)25-14(2)26-22/h5-13H,1-4H3,(H,24,25,26)/t13-/m0/s1. The first-order valence-corrected chi connectivity index (χ1v) is 9.11. The summed E-state index contributed by atoms with van der Waals surface area (Å²) < 4.78 is 10.9. The Bertz CT molecular complexity index is 1150. The molecule has 0 bridgehead atoms. The Morgan fingerprint density at radius 2 is 1.71 bits per heavy atom. The van der Waals surface area contributed by atoms with Crippen molar-refractivity contribution in [3.8, 4) is 11.5 Å². The van der Waals surface area contributed by atoms with Crippen molar-refractivity contribution in [1.82, 2.24) is 15.0 Å². The lowest BCUT2D eigenvalue weighted by Gasteiger charge is -2.19. The minimum absolute atomic E-state index is 0.00389. The zero-order valence-electron chi connectivity index (χ0n) is 16.4. The molecule has 1 N–H and O–H groups in total. The van der Waals surface area contributed by atoms with Crippen LogP contribution in [0.3, 0.4) is 0 Å². The van der Waals surface area contributed by atoms with E-state index in [0.717, 1.165) is 33.2 Å². The Morgan fingerprint density at radius 1 is 0.964 bits per heavy atom. The number of aromatic nitrogens is 3. The molecular formula is C22H22N4O2. The highest BCUT2D eigenvalue weighted by Gasteiger charge is 2.16. The van der Waals surface area contributed by atoms with Gasteiger partial charge in [0.05, 0.1) is 31.3 Å². The van der Waals surface area contributed by atoms with E-state index in [1.165, 1.54) is 0 Å². The summed E-state index contributed by atoms with van der Waals surface area (Å²) in [6.45, 7) is 3.99. The second-order valence-electron chi connectivity index (χ2n) is 6.63. The van der Waals surface area contributed by atoms with Gasteiger partial charge in [0.15, 0.2) is 11.5 Å². The number of fused-ring (bicyclic) bond motifs is 2. The van der Waals surface area contributed by atoms with Crippen molar-refractivity contribution in [2.24, 2.45) is 0 Å². The summed E-state index contributed by atoms with van der Waals surface area (Å²) in [4.78, 5) is 13.8. The summed E-state index contributed by atoms with van der Waals surface area (Å²) in [7, 11) is 3.24. The van der Waals surface area contributed by atoms with Crippen molar-refractivity contribution in [1.29, 1.82) is 0 Å². The normalized spacial score (nSPS) is 12.1. The van der Waals surface area contributed by atoms with E-state index in [0.29, 0.717) is 17.3 Å². The minimum Gasteiger partial charge on any atom is -0.493 e. The smallest absolute Gasteiger partial charge is 0.162 e. The van der Waals surface area contributed by atoms with Crippen LogP contribution in [0.5, 0.6) is 11.5 Å². The molecule has 0 unspecified atom stereocenters. The van der Waals surface area contributed by atoms with Gasteiger partial charge in [0, 0.05) is 28.6 Å². The topological polar surface area (TPSA) is 69.2 Å². The lowest BCUT2D eigenvalue weighted by molar-refractivity contribution is 0.356. The van der Waals surface area contributed by atoms with Gasteiger partial charge in [-0.05, 0) is 26.0 Å². The number of pyridine rings is 1. The fourth-order valence-corrected chi connectivity index (χ4v) is 3.44. The first-order chi connectivity index (χ1) is 13.6. The van der Waals surface area contributed by atoms with Crippen LogP contribution in [-0.2, 0) is 0 Å². The monoisotopic (exact) mass is 374 g/mol. The maximum atomic E-state index is 5.46. The van der Waals surface area contributed by atoms with Crippen molar-refractivity contribution < 1.29 is 9.47 Å². The van der Waals surface area contributed by atoms with Crippen molar-refractivity contribution in [2.45, 2.75) is 19.9 Å². The number of nitrogens with zero attached hydrogens (tertiary/aromatic N) is 3. The van der Waals surface area contributed by atoms with Gasteiger partial charge in [-0.1, -0.05) is 24.3 Å². The number of anilines is 1. The second kappa shape index (κ2) is 7.31. The van der Waals surface area contributed by atoms with E-state index < -0.39 is 0 Å². The highest BCUT2D eigenvalue weighted by atomic mass is 16.5. The van der Waals surface area contributed by atoms with E-state index in [-0.39, 0.29) is 6.04 Å². The maximum Gasteiger partial charge on any atom is 0.162 e. The molecule has 2 aromatic heterocycles. The number of nitrogens with one attached hydrogen (secondary N) is 1. The fourth-order valence-electron chi connectivity index (χ4n) is 3.44. The van der Waals surface area contributed by atoms with Crippen molar-refractivity contribution in [3.05, 3.63) is 60.0 Å². The van der Waals surface area contributed by atoms with Crippen LogP contribution in [0, 0.1) is 6.92 Å². The number of ether oxygens (including phenoxy) is 2. The average Bonchev–Trinajstić information content (AvgIpc) is 2.72. The summed E-state index contributed by atoms with van der Waals surface area (Å²) in [5, 5.41) is 5.53. The third kappa shape index (κ3) is 3.17. The largest absolute Gasteiger partial charge is 0.493 e. The lowest BCUT2D eigenvalue weighted by Crippen LogP contribution is -2.10. The number of rotatable bonds is 5. The predicted octanol–water partition coefficient (Wildman–Crippen LogP) is 4.68. The zero-order chi connectivity index (χ0) is 19.7. The molecule has 4 aromatic rings. The summed E-state index contributed by atoms with van der Waals surface area (Å²) in [6, 6.07) is 14.0. The van der Waals surface area contributed by atoms with Crippen LogP contribution >= 0.6 is 0 Å². The molecule has 142 valence electrons. The van der Waals surface area contributed by atoms with Gasteiger partial charge in [0.1, 0.15) is 11.6 Å². The van der Waals surface area contributed by atoms with Crippen LogP contribution in [0.1, 0.15) is 24.4 Å². The molecule has 0 aliphatic heterocycles. The molecule has 2 aromatic carbocycles. The first kappa shape index (κ1) is 18.0. The lowest BCUT2D eigenvalue weighted by atomic mass is 10.0. The molecule has 0 aliphatic carbocycles. The predicted molar refractivity (Wildman–Crippen MR) is 111 cm³/mol. The third-order valence-electron chi connectivity index (χ3n) is 4.80. The van der Waals surface area contributed by atoms with E-state index in [1.807, 2.05) is 31.3 Å². The highest BCUT2D eigenvalue weighted by Crippen LogP contribution is 2.35. The SMILES string of the molecule is COc1cc2nc(C)nc(N[C@@H](C)c3cccc4cccnc34)c2cc1OC. The summed E-state index contributed by atoms with van der Waals surface area (Å²) >= 11 is 0. The molecule has 0 saturated carbocycles. The molecule has 4 rings (SSSR count). The van der Waals surface area contributed by atoms with Crippen LogP contribution in [0.15, 0.2) is 48.7 Å². The van der Waals surface area contributed by atoms with Gasteiger partial charge in [-0.2, -0.15) is 0 Å². The van der Waals surface area contributed by atoms with Crippen LogP contribution < -0.4 is 14.8 Å². The van der Waals surface area contributed by atoms with Crippen molar-refractivity contribution >= 4 is 27.6 Å². The van der Waals surface area contributed by atoms with Crippen LogP contribution in [0.25, 0.3) is 21.8 Å². The second-order valence-corrected chi connectivity index (χ2v) is 6.63. The molecular weight excluding hydrogens is 352 g/mol. The van der Waals surface area contributed by atoms with Gasteiger partial charge in [-0.25, -0.2) is 9.97 Å². The summed E-state index contributed by atoms with van der Waals surface area (Å²) in [6.07, 6.45) is 1.82. The van der Waals surface area contributed by atoms with Gasteiger partial charge >= 0.3 is 0 Å². The quantitative estimate of drug-likeness (QED) is 0.547. The number of hydrogen-bond donors (Lipinski definition) is 1. The number of benzene rings is 2. The molecule has 0 spiro atoms. The maximum absolute atomic E-state index is 5.46. The minimum atomic E-state index is 0.00389. The molecule has 0 fully saturated rings. The number of aryl methyl sites for hydroxylation is 1. The first-order valence-electron chi connectivity index (χ1n) is 9.11. The number of hydrogen-bond acceptors (Lipinski definition) is 6. The molecule has 0 amide bonds. The Hall–Kier alpha value is -3.41. The van der Waals surface area contributed by atoms with Gasteiger partial charge in [0.25, 0.3) is 0 Å². The van der Waals surface area contributed by atoms with E-state index in [4.69, 9.17) is 9.47 Å². The third-order valence-corrected chi connectivity index (χ3v) is 4.80. The Balaban J connectivity index is 1.80. The summed E-state index contributed by atoms with van der Waals surface area (Å²) in [5.74, 6) is 2.73. The average molecular weight is 374 g/mol. The Labute approximate surface area is 163 Å². The van der Waals surface area contributed by atoms with Crippen LogP contribution in [0.2, 0.25) is 0 Å². The van der Waals surface area contributed by atoms with Gasteiger partial charge in [-0.15, -0.1) is 0 Å². The molecule has 6 nitrogen and oxygen atoms in total. The van der Waals surface area contributed by atoms with Gasteiger partial charge < -0.3 is 14.8 Å². The Morgan fingerprint density at radius 3 is 2.50 bits per heavy atom. The fraction of sp³-hybridized carbons (Fsp3) is 0.227. The van der Waals surface area contributed by atoms with Gasteiger partial charge in [0.2, 0.25) is 0 Å². The van der Waals surface area contributed by atoms with E-state index in [9.17, 15) is 0 Å². The van der Waals surface area contributed by atoms with E-state index in [1.54, 1.807) is 14.2 Å². The van der Waals surface area contributed by atoms with Crippen LogP contribution in [0.4, 0.5) is 5.82 Å². The number of para-hydroxylation sites is 1. The zero-order valence-corrected chi connectivity index (χ0v) is 16.4. The molecule has 0 aliphatic rings. The van der Waals surface area contributed by atoms with Crippen LogP contribution in [-0.4, -0.2) is 29.2 Å². The molecule has 1 atom stereocenters. The van der Waals surface area contributed by atoms with Crippen molar-refractivity contribution in [3.63, 3.8) is 0 Å².